The second-order valence-electron chi connectivity index (χ2n) is 4.99. The average Bonchev–Trinajstić information content (AvgIpc) is 2.67. The number of rotatable bonds is 6. The molecule has 0 amide bonds. The first-order valence-corrected chi connectivity index (χ1v) is 7.29. The predicted octanol–water partition coefficient (Wildman–Crippen LogP) is 2.54. The van der Waals surface area contributed by atoms with Crippen molar-refractivity contribution in [2.45, 2.75) is 32.7 Å². The molecule has 1 N–H and O–H groups in total. The largest absolute Gasteiger partial charge is 0.314 e. The summed E-state index contributed by atoms with van der Waals surface area (Å²) in [5.74, 6) is 0. The highest BCUT2D eigenvalue weighted by Crippen LogP contribution is 2.21. The summed E-state index contributed by atoms with van der Waals surface area (Å²) in [4.78, 5) is 4.06. The Balaban J connectivity index is 2.13. The van der Waals surface area contributed by atoms with E-state index in [0.29, 0.717) is 6.04 Å². The summed E-state index contributed by atoms with van der Waals surface area (Å²) in [6.07, 6.45) is 5.49. The van der Waals surface area contributed by atoms with E-state index in [1.54, 1.807) is 0 Å². The molecule has 1 unspecified atom stereocenters. The zero-order chi connectivity index (χ0) is 14.5. The van der Waals surface area contributed by atoms with Gasteiger partial charge in [-0.2, -0.15) is 5.10 Å². The Morgan fingerprint density at radius 2 is 2.00 bits per heavy atom. The van der Waals surface area contributed by atoms with Gasteiger partial charge >= 0.3 is 0 Å². The quantitative estimate of drug-likeness (QED) is 0.890. The van der Waals surface area contributed by atoms with Crippen LogP contribution in [0.2, 0.25) is 5.02 Å². The molecule has 0 bridgehead atoms. The third-order valence-corrected chi connectivity index (χ3v) is 3.92. The highest BCUT2D eigenvalue weighted by molar-refractivity contribution is 6.31. The molecule has 0 fully saturated rings. The van der Waals surface area contributed by atoms with Crippen LogP contribution in [0.5, 0.6) is 0 Å². The van der Waals surface area contributed by atoms with Gasteiger partial charge in [-0.15, -0.1) is 0 Å². The van der Waals surface area contributed by atoms with Gasteiger partial charge in [-0.3, -0.25) is 9.67 Å². The number of aromatic nitrogens is 3. The lowest BCUT2D eigenvalue weighted by Gasteiger charge is -2.18. The second-order valence-corrected chi connectivity index (χ2v) is 5.37. The number of nitrogens with zero attached hydrogens (tertiary/aromatic N) is 3. The SMILES string of the molecule is CCNC(Cc1ccncc1)Cc1c(Cl)c(C)nn1C. The van der Waals surface area contributed by atoms with Crippen LogP contribution in [0.15, 0.2) is 24.5 Å². The Morgan fingerprint density at radius 3 is 2.55 bits per heavy atom. The van der Waals surface area contributed by atoms with Crippen LogP contribution in [-0.2, 0) is 19.9 Å². The molecule has 2 rings (SSSR count). The molecule has 1 atom stereocenters. The third kappa shape index (κ3) is 3.58. The van der Waals surface area contributed by atoms with E-state index in [1.807, 2.05) is 31.0 Å². The summed E-state index contributed by atoms with van der Waals surface area (Å²) in [5, 5.41) is 8.68. The molecule has 0 radical (unpaired) electrons. The van der Waals surface area contributed by atoms with Gasteiger partial charge in [-0.05, 0) is 37.6 Å². The standard InChI is InChI=1S/C15H21ClN4/c1-4-18-13(9-12-5-7-17-8-6-12)10-14-15(16)11(2)19-20(14)3/h5-8,13,18H,4,9-10H2,1-3H3. The van der Waals surface area contributed by atoms with Crippen LogP contribution in [0, 0.1) is 6.92 Å². The average molecular weight is 293 g/mol. The minimum atomic E-state index is 0.342. The van der Waals surface area contributed by atoms with Gasteiger partial charge in [0.1, 0.15) is 0 Å². The molecular formula is C15H21ClN4. The summed E-state index contributed by atoms with van der Waals surface area (Å²) in [6, 6.07) is 4.45. The van der Waals surface area contributed by atoms with Gasteiger partial charge in [0, 0.05) is 31.9 Å². The minimum absolute atomic E-state index is 0.342. The molecule has 0 aliphatic carbocycles. The van der Waals surface area contributed by atoms with Crippen LogP contribution in [-0.4, -0.2) is 27.4 Å². The smallest absolute Gasteiger partial charge is 0.0847 e. The van der Waals surface area contributed by atoms with Gasteiger partial charge in [0.15, 0.2) is 0 Å². The number of likely N-dealkylation sites (N-methyl/N-ethyl adjacent to an activating group) is 1. The molecule has 2 aromatic rings. The number of nitrogens with one attached hydrogen (secondary N) is 1. The first kappa shape index (κ1) is 15.0. The van der Waals surface area contributed by atoms with Crippen molar-refractivity contribution < 1.29 is 0 Å². The van der Waals surface area contributed by atoms with Crippen molar-refractivity contribution >= 4 is 11.6 Å². The summed E-state index contributed by atoms with van der Waals surface area (Å²) >= 11 is 6.34. The number of aryl methyl sites for hydroxylation is 2. The molecule has 108 valence electrons. The molecule has 0 aliphatic heterocycles. The fraction of sp³-hybridized carbons (Fsp3) is 0.467. The van der Waals surface area contributed by atoms with Crippen molar-refractivity contribution in [3.05, 3.63) is 46.5 Å². The monoisotopic (exact) mass is 292 g/mol. The Hall–Kier alpha value is -1.39. The number of hydrogen-bond acceptors (Lipinski definition) is 3. The molecule has 0 aliphatic rings. The molecule has 5 heteroatoms. The Morgan fingerprint density at radius 1 is 1.30 bits per heavy atom. The Labute approximate surface area is 125 Å². The van der Waals surface area contributed by atoms with Gasteiger partial charge in [-0.1, -0.05) is 18.5 Å². The lowest BCUT2D eigenvalue weighted by Crippen LogP contribution is -2.33. The maximum atomic E-state index is 6.34. The van der Waals surface area contributed by atoms with Crippen LogP contribution in [0.25, 0.3) is 0 Å². The summed E-state index contributed by atoms with van der Waals surface area (Å²) in [5.41, 5.74) is 3.26. The van der Waals surface area contributed by atoms with Crippen LogP contribution in [0.3, 0.4) is 0 Å². The molecule has 0 saturated carbocycles. The van der Waals surface area contributed by atoms with E-state index in [2.05, 4.69) is 34.5 Å². The summed E-state index contributed by atoms with van der Waals surface area (Å²) in [6.45, 7) is 5.00. The van der Waals surface area contributed by atoms with Gasteiger partial charge in [0.2, 0.25) is 0 Å². The van der Waals surface area contributed by atoms with E-state index in [-0.39, 0.29) is 0 Å². The van der Waals surface area contributed by atoms with Gasteiger partial charge in [-0.25, -0.2) is 0 Å². The normalized spacial score (nSPS) is 12.6. The number of hydrogen-bond donors (Lipinski definition) is 1. The van der Waals surface area contributed by atoms with E-state index >= 15 is 0 Å². The van der Waals surface area contributed by atoms with E-state index in [4.69, 9.17) is 11.6 Å². The van der Waals surface area contributed by atoms with Crippen LogP contribution < -0.4 is 5.32 Å². The summed E-state index contributed by atoms with van der Waals surface area (Å²) in [7, 11) is 1.95. The van der Waals surface area contributed by atoms with Crippen LogP contribution in [0.1, 0.15) is 23.9 Å². The predicted molar refractivity (Wildman–Crippen MR) is 82.1 cm³/mol. The Bertz CT molecular complexity index is 551. The second kappa shape index (κ2) is 6.86. The first-order chi connectivity index (χ1) is 9.61. The molecule has 2 heterocycles. The topological polar surface area (TPSA) is 42.7 Å². The Kier molecular flexibility index (Phi) is 5.15. The fourth-order valence-corrected chi connectivity index (χ4v) is 2.68. The van der Waals surface area contributed by atoms with Gasteiger partial charge in [0.05, 0.1) is 16.4 Å². The summed E-state index contributed by atoms with van der Waals surface area (Å²) < 4.78 is 1.88. The molecule has 0 spiro atoms. The highest BCUT2D eigenvalue weighted by atomic mass is 35.5. The van der Waals surface area contributed by atoms with Gasteiger partial charge in [0.25, 0.3) is 0 Å². The van der Waals surface area contributed by atoms with E-state index in [1.165, 1.54) is 5.56 Å². The lowest BCUT2D eigenvalue weighted by atomic mass is 10.0. The van der Waals surface area contributed by atoms with E-state index in [9.17, 15) is 0 Å². The van der Waals surface area contributed by atoms with Gasteiger partial charge < -0.3 is 5.32 Å². The van der Waals surface area contributed by atoms with Crippen molar-refractivity contribution in [2.75, 3.05) is 6.54 Å². The fourth-order valence-electron chi connectivity index (χ4n) is 2.44. The maximum Gasteiger partial charge on any atom is 0.0847 e. The maximum absolute atomic E-state index is 6.34. The molecule has 20 heavy (non-hydrogen) atoms. The van der Waals surface area contributed by atoms with E-state index in [0.717, 1.165) is 35.8 Å². The zero-order valence-corrected chi connectivity index (χ0v) is 13.0. The van der Waals surface area contributed by atoms with Crippen molar-refractivity contribution in [1.82, 2.24) is 20.1 Å². The lowest BCUT2D eigenvalue weighted by molar-refractivity contribution is 0.504. The van der Waals surface area contributed by atoms with Crippen LogP contribution >= 0.6 is 11.6 Å². The molecule has 0 saturated heterocycles. The van der Waals surface area contributed by atoms with E-state index < -0.39 is 0 Å². The number of halogens is 1. The van der Waals surface area contributed by atoms with Crippen molar-refractivity contribution in [1.29, 1.82) is 0 Å². The van der Waals surface area contributed by atoms with Crippen molar-refractivity contribution in [3.8, 4) is 0 Å². The molecule has 2 aromatic heterocycles. The van der Waals surface area contributed by atoms with Crippen LogP contribution in [0.4, 0.5) is 0 Å². The molecule has 0 aromatic carbocycles. The zero-order valence-electron chi connectivity index (χ0n) is 12.2. The minimum Gasteiger partial charge on any atom is -0.314 e. The molecular weight excluding hydrogens is 272 g/mol. The highest BCUT2D eigenvalue weighted by Gasteiger charge is 2.16. The first-order valence-electron chi connectivity index (χ1n) is 6.92. The van der Waals surface area contributed by atoms with Crippen molar-refractivity contribution in [2.24, 2.45) is 7.05 Å². The molecule has 4 nitrogen and oxygen atoms in total. The third-order valence-electron chi connectivity index (χ3n) is 3.43. The van der Waals surface area contributed by atoms with Crippen molar-refractivity contribution in [3.63, 3.8) is 0 Å². The number of pyridine rings is 1.